The van der Waals surface area contributed by atoms with E-state index in [1.165, 1.54) is 0 Å². The van der Waals surface area contributed by atoms with Gasteiger partial charge in [0.15, 0.2) is 0 Å². The molecule has 8 nitrogen and oxygen atoms in total. The molecule has 3 amide bonds. The van der Waals surface area contributed by atoms with Crippen molar-refractivity contribution in [1.29, 1.82) is 0 Å². The SMILES string of the molecule is COCCNC(=O)c1ccc(NCC(=O)Nc2cccc(C(=O)N3CCC(C)CC3)c2)cc1. The first-order chi connectivity index (χ1) is 16.0. The maximum absolute atomic E-state index is 12.8. The molecule has 1 aliphatic rings. The molecule has 2 aromatic carbocycles. The number of hydrogen-bond donors (Lipinski definition) is 3. The van der Waals surface area contributed by atoms with Crippen LogP contribution in [0.5, 0.6) is 0 Å². The Morgan fingerprint density at radius 2 is 1.73 bits per heavy atom. The predicted octanol–water partition coefficient (Wildman–Crippen LogP) is 2.99. The second-order valence-electron chi connectivity index (χ2n) is 8.28. The van der Waals surface area contributed by atoms with Crippen molar-refractivity contribution in [1.82, 2.24) is 10.2 Å². The first kappa shape index (κ1) is 24.3. The summed E-state index contributed by atoms with van der Waals surface area (Å²) in [6.07, 6.45) is 2.04. The van der Waals surface area contributed by atoms with Crippen LogP contribution in [0, 0.1) is 5.92 Å². The lowest BCUT2D eigenvalue weighted by Crippen LogP contribution is -2.37. The third-order valence-corrected chi connectivity index (χ3v) is 5.66. The minimum atomic E-state index is -0.229. The zero-order valence-electron chi connectivity index (χ0n) is 19.2. The van der Waals surface area contributed by atoms with Crippen LogP contribution < -0.4 is 16.0 Å². The van der Waals surface area contributed by atoms with Gasteiger partial charge in [0.05, 0.1) is 13.2 Å². The average Bonchev–Trinajstić information content (AvgIpc) is 2.83. The fourth-order valence-electron chi connectivity index (χ4n) is 3.62. The number of rotatable bonds is 9. The summed E-state index contributed by atoms with van der Waals surface area (Å²) in [7, 11) is 1.58. The third-order valence-electron chi connectivity index (χ3n) is 5.66. The van der Waals surface area contributed by atoms with Gasteiger partial charge >= 0.3 is 0 Å². The van der Waals surface area contributed by atoms with Crippen LogP contribution in [0.4, 0.5) is 11.4 Å². The summed E-state index contributed by atoms with van der Waals surface area (Å²) < 4.78 is 4.91. The molecule has 176 valence electrons. The van der Waals surface area contributed by atoms with E-state index < -0.39 is 0 Å². The van der Waals surface area contributed by atoms with Gasteiger partial charge in [-0.15, -0.1) is 0 Å². The molecule has 0 aromatic heterocycles. The molecule has 0 saturated carbocycles. The molecular formula is C25H32N4O4. The summed E-state index contributed by atoms with van der Waals surface area (Å²) in [5.74, 6) is 0.251. The summed E-state index contributed by atoms with van der Waals surface area (Å²) in [5.41, 5.74) is 2.42. The van der Waals surface area contributed by atoms with Crippen LogP contribution in [0.25, 0.3) is 0 Å². The van der Waals surface area contributed by atoms with Gasteiger partial charge in [0, 0.05) is 49.2 Å². The number of piperidine rings is 1. The Hall–Kier alpha value is -3.39. The Labute approximate surface area is 194 Å². The van der Waals surface area contributed by atoms with E-state index in [0.717, 1.165) is 31.6 Å². The molecule has 0 aliphatic carbocycles. The minimum absolute atomic E-state index is 0.00229. The largest absolute Gasteiger partial charge is 0.383 e. The van der Waals surface area contributed by atoms with Gasteiger partial charge in [0.2, 0.25) is 5.91 Å². The number of anilines is 2. The van der Waals surface area contributed by atoms with Crippen molar-refractivity contribution in [3.05, 3.63) is 59.7 Å². The van der Waals surface area contributed by atoms with Gasteiger partial charge in [-0.25, -0.2) is 0 Å². The number of nitrogens with zero attached hydrogens (tertiary/aromatic N) is 1. The second-order valence-corrected chi connectivity index (χ2v) is 8.28. The highest BCUT2D eigenvalue weighted by atomic mass is 16.5. The van der Waals surface area contributed by atoms with Crippen molar-refractivity contribution in [3.63, 3.8) is 0 Å². The van der Waals surface area contributed by atoms with Crippen molar-refractivity contribution in [3.8, 4) is 0 Å². The van der Waals surface area contributed by atoms with Gasteiger partial charge in [-0.3, -0.25) is 14.4 Å². The molecule has 0 unspecified atom stereocenters. The lowest BCUT2D eigenvalue weighted by Gasteiger charge is -2.30. The maximum atomic E-state index is 12.8. The van der Waals surface area contributed by atoms with E-state index in [0.29, 0.717) is 35.9 Å². The van der Waals surface area contributed by atoms with Crippen LogP contribution in [0.1, 0.15) is 40.5 Å². The monoisotopic (exact) mass is 452 g/mol. The molecule has 8 heteroatoms. The highest BCUT2D eigenvalue weighted by Crippen LogP contribution is 2.19. The van der Waals surface area contributed by atoms with Gasteiger partial charge in [0.1, 0.15) is 0 Å². The molecule has 3 N–H and O–H groups in total. The number of methoxy groups -OCH3 is 1. The molecule has 3 rings (SSSR count). The zero-order chi connectivity index (χ0) is 23.6. The average molecular weight is 453 g/mol. The van der Waals surface area contributed by atoms with E-state index >= 15 is 0 Å². The Balaban J connectivity index is 1.48. The van der Waals surface area contributed by atoms with Gasteiger partial charge in [-0.2, -0.15) is 0 Å². The Morgan fingerprint density at radius 1 is 1.00 bits per heavy atom. The Kier molecular flexibility index (Phi) is 8.83. The number of nitrogens with one attached hydrogen (secondary N) is 3. The van der Waals surface area contributed by atoms with E-state index in [1.807, 2.05) is 4.90 Å². The first-order valence-corrected chi connectivity index (χ1v) is 11.3. The van der Waals surface area contributed by atoms with E-state index in [4.69, 9.17) is 4.74 Å². The van der Waals surface area contributed by atoms with Crippen molar-refractivity contribution >= 4 is 29.1 Å². The molecule has 1 heterocycles. The van der Waals surface area contributed by atoms with E-state index in [1.54, 1.807) is 55.6 Å². The number of ether oxygens (including phenoxy) is 1. The lowest BCUT2D eigenvalue weighted by atomic mass is 9.98. The van der Waals surface area contributed by atoms with Gasteiger partial charge < -0.3 is 25.6 Å². The fraction of sp³-hybridized carbons (Fsp3) is 0.400. The molecule has 1 fully saturated rings. The van der Waals surface area contributed by atoms with E-state index in [2.05, 4.69) is 22.9 Å². The van der Waals surface area contributed by atoms with Crippen LogP contribution in [-0.2, 0) is 9.53 Å². The minimum Gasteiger partial charge on any atom is -0.383 e. The summed E-state index contributed by atoms with van der Waals surface area (Å²) >= 11 is 0. The van der Waals surface area contributed by atoms with Crippen LogP contribution in [0.2, 0.25) is 0 Å². The molecular weight excluding hydrogens is 420 g/mol. The van der Waals surface area contributed by atoms with E-state index in [-0.39, 0.29) is 24.3 Å². The smallest absolute Gasteiger partial charge is 0.253 e. The van der Waals surface area contributed by atoms with Crippen LogP contribution in [0.3, 0.4) is 0 Å². The first-order valence-electron chi connectivity index (χ1n) is 11.3. The second kappa shape index (κ2) is 12.0. The lowest BCUT2D eigenvalue weighted by molar-refractivity contribution is -0.114. The number of likely N-dealkylation sites (tertiary alicyclic amines) is 1. The number of benzene rings is 2. The Morgan fingerprint density at radius 3 is 2.42 bits per heavy atom. The highest BCUT2D eigenvalue weighted by molar-refractivity contribution is 5.98. The quantitative estimate of drug-likeness (QED) is 0.508. The third kappa shape index (κ3) is 7.32. The highest BCUT2D eigenvalue weighted by Gasteiger charge is 2.21. The summed E-state index contributed by atoms with van der Waals surface area (Å²) in [5, 5.41) is 8.62. The summed E-state index contributed by atoms with van der Waals surface area (Å²) in [6, 6.07) is 13.9. The summed E-state index contributed by atoms with van der Waals surface area (Å²) in [6.45, 7) is 4.71. The van der Waals surface area contributed by atoms with Crippen LogP contribution in [-0.4, -0.2) is 62.5 Å². The van der Waals surface area contributed by atoms with Gasteiger partial charge in [-0.05, 0) is 61.2 Å². The van der Waals surface area contributed by atoms with E-state index in [9.17, 15) is 14.4 Å². The zero-order valence-corrected chi connectivity index (χ0v) is 19.2. The molecule has 0 bridgehead atoms. The van der Waals surface area contributed by atoms with Crippen LogP contribution >= 0.6 is 0 Å². The molecule has 0 spiro atoms. The van der Waals surface area contributed by atoms with Gasteiger partial charge in [-0.1, -0.05) is 13.0 Å². The molecule has 0 radical (unpaired) electrons. The Bertz CT molecular complexity index is 953. The predicted molar refractivity (Wildman–Crippen MR) is 129 cm³/mol. The fourth-order valence-corrected chi connectivity index (χ4v) is 3.62. The molecule has 2 aromatic rings. The number of carbonyl (C=O) groups is 3. The molecule has 0 atom stereocenters. The molecule has 1 saturated heterocycles. The normalized spacial score (nSPS) is 13.9. The molecule has 33 heavy (non-hydrogen) atoms. The summed E-state index contributed by atoms with van der Waals surface area (Å²) in [4.78, 5) is 39.0. The van der Waals surface area contributed by atoms with Crippen molar-refractivity contribution in [2.45, 2.75) is 19.8 Å². The number of carbonyl (C=O) groups excluding carboxylic acids is 3. The van der Waals surface area contributed by atoms with Gasteiger partial charge in [0.25, 0.3) is 11.8 Å². The number of hydrogen-bond acceptors (Lipinski definition) is 5. The maximum Gasteiger partial charge on any atom is 0.253 e. The topological polar surface area (TPSA) is 99.8 Å². The van der Waals surface area contributed by atoms with Crippen LogP contribution in [0.15, 0.2) is 48.5 Å². The van der Waals surface area contributed by atoms with Crippen molar-refractivity contribution in [2.75, 3.05) is 50.5 Å². The standard InChI is InChI=1S/C25H32N4O4/c1-18-10-13-29(14-11-18)25(32)20-4-3-5-22(16-20)28-23(30)17-27-21-8-6-19(7-9-21)24(31)26-12-15-33-2/h3-9,16,18,27H,10-15,17H2,1-2H3,(H,26,31)(H,28,30). The van der Waals surface area contributed by atoms with Crippen molar-refractivity contribution in [2.24, 2.45) is 5.92 Å². The number of amides is 3. The van der Waals surface area contributed by atoms with Crippen molar-refractivity contribution < 1.29 is 19.1 Å². The molecule has 1 aliphatic heterocycles.